The Hall–Kier alpha value is -0.850. The zero-order chi connectivity index (χ0) is 11.5. The molecule has 0 aliphatic heterocycles. The molecule has 1 aromatic rings. The smallest absolute Gasteiger partial charge is 0.242 e. The van der Waals surface area contributed by atoms with Gasteiger partial charge in [0.1, 0.15) is 10.7 Å². The van der Waals surface area contributed by atoms with Crippen LogP contribution >= 0.6 is 11.6 Å². The van der Waals surface area contributed by atoms with Crippen molar-refractivity contribution in [2.24, 2.45) is 0 Å². The first-order chi connectivity index (χ1) is 7.01. The van der Waals surface area contributed by atoms with Gasteiger partial charge in [-0.05, 0) is 6.07 Å². The van der Waals surface area contributed by atoms with Gasteiger partial charge in [0.25, 0.3) is 0 Å². The molecular formula is C8H12ClN3O2S. The molecule has 15 heavy (non-hydrogen) atoms. The second-order valence-electron chi connectivity index (χ2n) is 2.75. The molecule has 0 saturated heterocycles. The lowest BCUT2D eigenvalue weighted by atomic mass is 10.4. The third kappa shape index (κ3) is 2.80. The zero-order valence-corrected chi connectivity index (χ0v) is 9.98. The largest absolute Gasteiger partial charge is 0.372 e. The molecule has 0 aromatic carbocycles. The molecule has 84 valence electrons. The summed E-state index contributed by atoms with van der Waals surface area (Å²) in [5.74, 6) is 0.451. The highest BCUT2D eigenvalue weighted by molar-refractivity contribution is 7.89. The Morgan fingerprint density at radius 2 is 2.20 bits per heavy atom. The number of anilines is 1. The summed E-state index contributed by atoms with van der Waals surface area (Å²) in [7, 11) is -1.82. The lowest BCUT2D eigenvalue weighted by molar-refractivity contribution is 0.583. The topological polar surface area (TPSA) is 71.1 Å². The fourth-order valence-electron chi connectivity index (χ4n) is 1.02. The van der Waals surface area contributed by atoms with E-state index in [0.717, 1.165) is 0 Å². The molecule has 0 spiro atoms. The van der Waals surface area contributed by atoms with Crippen molar-refractivity contribution in [3.05, 3.63) is 17.3 Å². The molecule has 1 heterocycles. The number of halogens is 1. The fourth-order valence-corrected chi connectivity index (χ4v) is 2.36. The maximum Gasteiger partial charge on any atom is 0.242 e. The minimum Gasteiger partial charge on any atom is -0.372 e. The van der Waals surface area contributed by atoms with Gasteiger partial charge < -0.3 is 5.32 Å². The van der Waals surface area contributed by atoms with Crippen LogP contribution in [0.3, 0.4) is 0 Å². The molecule has 1 aromatic heterocycles. The van der Waals surface area contributed by atoms with E-state index in [-0.39, 0.29) is 9.92 Å². The summed E-state index contributed by atoms with van der Waals surface area (Å²) in [6, 6.07) is 1.36. The molecule has 0 aliphatic rings. The molecule has 0 radical (unpaired) electrons. The average Bonchev–Trinajstić information content (AvgIpc) is 2.17. The maximum absolute atomic E-state index is 11.6. The van der Waals surface area contributed by atoms with Gasteiger partial charge in [-0.25, -0.2) is 18.1 Å². The van der Waals surface area contributed by atoms with E-state index in [1.54, 1.807) is 14.0 Å². The lowest BCUT2D eigenvalue weighted by Crippen LogP contribution is -2.23. The van der Waals surface area contributed by atoms with Gasteiger partial charge in [-0.1, -0.05) is 18.5 Å². The van der Waals surface area contributed by atoms with Crippen LogP contribution in [0.4, 0.5) is 5.82 Å². The van der Waals surface area contributed by atoms with Gasteiger partial charge in [-0.15, -0.1) is 0 Å². The van der Waals surface area contributed by atoms with Crippen LogP contribution in [0.5, 0.6) is 0 Å². The van der Waals surface area contributed by atoms with Crippen LogP contribution < -0.4 is 10.0 Å². The highest BCUT2D eigenvalue weighted by Crippen LogP contribution is 2.21. The quantitative estimate of drug-likeness (QED) is 0.838. The molecule has 0 aliphatic carbocycles. The van der Waals surface area contributed by atoms with E-state index in [2.05, 4.69) is 15.0 Å². The third-order valence-corrected chi connectivity index (χ3v) is 3.50. The predicted octanol–water partition coefficient (Wildman–Crippen LogP) is 1.07. The first kappa shape index (κ1) is 12.2. The fraction of sp³-hybridized carbons (Fsp3) is 0.375. The minimum absolute atomic E-state index is 0.0633. The number of hydrogen-bond acceptors (Lipinski definition) is 4. The molecule has 0 saturated carbocycles. The van der Waals surface area contributed by atoms with E-state index >= 15 is 0 Å². The van der Waals surface area contributed by atoms with Gasteiger partial charge in [0.05, 0.1) is 5.02 Å². The van der Waals surface area contributed by atoms with Gasteiger partial charge >= 0.3 is 0 Å². The van der Waals surface area contributed by atoms with Crippen molar-refractivity contribution in [3.8, 4) is 0 Å². The second-order valence-corrected chi connectivity index (χ2v) is 4.93. The first-order valence-corrected chi connectivity index (χ1v) is 6.20. The van der Waals surface area contributed by atoms with Crippen LogP contribution in [0.2, 0.25) is 5.02 Å². The highest BCUT2D eigenvalue weighted by Gasteiger charge is 2.14. The van der Waals surface area contributed by atoms with Crippen LogP contribution in [0.15, 0.2) is 17.2 Å². The van der Waals surface area contributed by atoms with Crippen molar-refractivity contribution >= 4 is 27.4 Å². The summed E-state index contributed by atoms with van der Waals surface area (Å²) in [6.07, 6.45) is 1.26. The number of pyridine rings is 1. The van der Waals surface area contributed by atoms with E-state index in [4.69, 9.17) is 11.6 Å². The molecule has 1 rings (SSSR count). The normalized spacial score (nSPS) is 11.4. The Morgan fingerprint density at radius 1 is 1.53 bits per heavy atom. The number of aromatic nitrogens is 1. The van der Waals surface area contributed by atoms with Gasteiger partial charge in [0.2, 0.25) is 10.0 Å². The van der Waals surface area contributed by atoms with Gasteiger partial charge in [0.15, 0.2) is 0 Å². The monoisotopic (exact) mass is 249 g/mol. The summed E-state index contributed by atoms with van der Waals surface area (Å²) in [6.45, 7) is 2.03. The SMILES string of the molecule is CCNS(=O)(=O)c1cnc(NC)c(Cl)c1. The number of sulfonamides is 1. The summed E-state index contributed by atoms with van der Waals surface area (Å²) in [4.78, 5) is 3.95. The summed E-state index contributed by atoms with van der Waals surface area (Å²) in [5.41, 5.74) is 0. The van der Waals surface area contributed by atoms with Crippen molar-refractivity contribution in [1.82, 2.24) is 9.71 Å². The maximum atomic E-state index is 11.6. The molecule has 0 fully saturated rings. The molecule has 0 atom stereocenters. The summed E-state index contributed by atoms with van der Waals surface area (Å²) in [5, 5.41) is 3.02. The molecular weight excluding hydrogens is 238 g/mol. The lowest BCUT2D eigenvalue weighted by Gasteiger charge is -2.06. The van der Waals surface area contributed by atoms with Crippen LogP contribution in [-0.2, 0) is 10.0 Å². The molecule has 2 N–H and O–H groups in total. The van der Waals surface area contributed by atoms with E-state index in [1.807, 2.05) is 0 Å². The van der Waals surface area contributed by atoms with Crippen LogP contribution in [0, 0.1) is 0 Å². The molecule has 7 heteroatoms. The summed E-state index contributed by atoms with van der Waals surface area (Å²) < 4.78 is 25.5. The van der Waals surface area contributed by atoms with Crippen molar-refractivity contribution < 1.29 is 8.42 Å². The zero-order valence-electron chi connectivity index (χ0n) is 8.41. The van der Waals surface area contributed by atoms with Gasteiger partial charge in [0, 0.05) is 19.8 Å². The Balaban J connectivity index is 3.13. The average molecular weight is 250 g/mol. The van der Waals surface area contributed by atoms with Gasteiger partial charge in [-0.3, -0.25) is 0 Å². The number of rotatable bonds is 4. The molecule has 0 bridgehead atoms. The molecule has 0 amide bonds. The van der Waals surface area contributed by atoms with Crippen LogP contribution in [0.25, 0.3) is 0 Å². The van der Waals surface area contributed by atoms with Crippen LogP contribution in [-0.4, -0.2) is 27.0 Å². The third-order valence-electron chi connectivity index (χ3n) is 1.70. The van der Waals surface area contributed by atoms with E-state index < -0.39 is 10.0 Å². The van der Waals surface area contributed by atoms with E-state index in [1.165, 1.54) is 12.3 Å². The van der Waals surface area contributed by atoms with Crippen molar-refractivity contribution in [2.75, 3.05) is 18.9 Å². The van der Waals surface area contributed by atoms with Crippen molar-refractivity contribution in [1.29, 1.82) is 0 Å². The number of nitrogens with one attached hydrogen (secondary N) is 2. The van der Waals surface area contributed by atoms with Crippen LogP contribution in [0.1, 0.15) is 6.92 Å². The Morgan fingerprint density at radius 3 is 2.67 bits per heavy atom. The van der Waals surface area contributed by atoms with Crippen molar-refractivity contribution in [2.45, 2.75) is 11.8 Å². The molecule has 0 unspecified atom stereocenters. The van der Waals surface area contributed by atoms with Gasteiger partial charge in [-0.2, -0.15) is 0 Å². The first-order valence-electron chi connectivity index (χ1n) is 4.34. The minimum atomic E-state index is -3.48. The predicted molar refractivity (Wildman–Crippen MR) is 59.7 cm³/mol. The molecule has 5 nitrogen and oxygen atoms in total. The Bertz CT molecular complexity index is 447. The number of hydrogen-bond donors (Lipinski definition) is 2. The van der Waals surface area contributed by atoms with Crippen molar-refractivity contribution in [3.63, 3.8) is 0 Å². The Kier molecular flexibility index (Phi) is 3.90. The summed E-state index contributed by atoms with van der Waals surface area (Å²) >= 11 is 5.82. The number of nitrogens with zero attached hydrogens (tertiary/aromatic N) is 1. The Labute approximate surface area is 93.9 Å². The second kappa shape index (κ2) is 4.78. The van der Waals surface area contributed by atoms with E-state index in [9.17, 15) is 8.42 Å². The highest BCUT2D eigenvalue weighted by atomic mass is 35.5. The standard InChI is InChI=1S/C8H12ClN3O2S/c1-3-12-15(13,14)6-4-7(9)8(10-2)11-5-6/h4-5,12H,3H2,1-2H3,(H,10,11). The van der Waals surface area contributed by atoms with E-state index in [0.29, 0.717) is 12.4 Å².